The fourth-order valence-electron chi connectivity index (χ4n) is 1.34. The van der Waals surface area contributed by atoms with Crippen molar-refractivity contribution in [3.63, 3.8) is 0 Å². The molecule has 0 aromatic carbocycles. The molecule has 0 heterocycles. The van der Waals surface area contributed by atoms with E-state index >= 15 is 0 Å². The topological polar surface area (TPSA) is 46.5 Å². The first kappa shape index (κ1) is 11.4. The molecule has 3 nitrogen and oxygen atoms in total. The zero-order valence-electron chi connectivity index (χ0n) is 8.04. The Kier molecular flexibility index (Phi) is 5.72. The van der Waals surface area contributed by atoms with Crippen molar-refractivity contribution in [2.45, 2.75) is 39.2 Å². The minimum Gasteiger partial charge on any atom is -0.469 e. The summed E-state index contributed by atoms with van der Waals surface area (Å²) in [5.74, 6) is -0.239. The van der Waals surface area contributed by atoms with E-state index in [1.807, 2.05) is 13.8 Å². The van der Waals surface area contributed by atoms with Crippen LogP contribution in [0.2, 0.25) is 0 Å². The third-order valence-corrected chi connectivity index (χ3v) is 1.94. The summed E-state index contributed by atoms with van der Waals surface area (Å²) in [6, 6.07) is 0. The first-order valence-electron chi connectivity index (χ1n) is 4.50. The lowest BCUT2D eigenvalue weighted by Crippen LogP contribution is -2.13. The second-order valence-electron chi connectivity index (χ2n) is 2.69. The van der Waals surface area contributed by atoms with Crippen molar-refractivity contribution in [2.24, 2.45) is 5.92 Å². The number of hydrogen-bond donors (Lipinski definition) is 1. The summed E-state index contributed by atoms with van der Waals surface area (Å²) >= 11 is 0. The van der Waals surface area contributed by atoms with Crippen LogP contribution in [0.4, 0.5) is 0 Å². The lowest BCUT2D eigenvalue weighted by Gasteiger charge is -2.04. The number of hydrogen-bond acceptors (Lipinski definition) is 3. The number of ether oxygens (including phenoxy) is 1. The Morgan fingerprint density at radius 1 is 1.42 bits per heavy atom. The van der Waals surface area contributed by atoms with Crippen LogP contribution >= 0.6 is 0 Å². The van der Waals surface area contributed by atoms with Crippen LogP contribution in [0, 0.1) is 5.92 Å². The van der Waals surface area contributed by atoms with Crippen LogP contribution in [0.1, 0.15) is 33.1 Å². The number of aliphatic hydroxyl groups is 1. The van der Waals surface area contributed by atoms with Gasteiger partial charge in [-0.2, -0.15) is 0 Å². The van der Waals surface area contributed by atoms with Gasteiger partial charge in [-0.05, 0) is 19.3 Å². The fraction of sp³-hybridized carbons (Fsp3) is 0.889. The number of esters is 1. The standard InChI is InChI=1S/C7H12O3.C2H6/c1-10-7(9)5-2-3-6(8)4-5;1-2/h5-6,8H,2-4H2,1H3;1-2H3. The van der Waals surface area contributed by atoms with Gasteiger partial charge in [0.25, 0.3) is 0 Å². The molecule has 0 amide bonds. The minimum atomic E-state index is -0.288. The van der Waals surface area contributed by atoms with Gasteiger partial charge in [-0.3, -0.25) is 4.79 Å². The summed E-state index contributed by atoms with van der Waals surface area (Å²) in [5.41, 5.74) is 0. The van der Waals surface area contributed by atoms with Crippen molar-refractivity contribution in [2.75, 3.05) is 7.11 Å². The molecule has 0 spiro atoms. The van der Waals surface area contributed by atoms with Crippen molar-refractivity contribution in [1.82, 2.24) is 0 Å². The van der Waals surface area contributed by atoms with Gasteiger partial charge in [0.2, 0.25) is 0 Å². The van der Waals surface area contributed by atoms with Gasteiger partial charge in [0.05, 0.1) is 19.1 Å². The molecule has 1 aliphatic carbocycles. The van der Waals surface area contributed by atoms with E-state index < -0.39 is 0 Å². The maximum Gasteiger partial charge on any atom is 0.308 e. The zero-order chi connectivity index (χ0) is 9.56. The number of rotatable bonds is 1. The zero-order valence-corrected chi connectivity index (χ0v) is 8.04. The van der Waals surface area contributed by atoms with E-state index in [-0.39, 0.29) is 18.0 Å². The Balaban J connectivity index is 0.000000561. The van der Waals surface area contributed by atoms with E-state index in [4.69, 9.17) is 5.11 Å². The van der Waals surface area contributed by atoms with Gasteiger partial charge < -0.3 is 9.84 Å². The van der Waals surface area contributed by atoms with Crippen molar-refractivity contribution < 1.29 is 14.6 Å². The highest BCUT2D eigenvalue weighted by Crippen LogP contribution is 2.25. The molecule has 1 N–H and O–H groups in total. The monoisotopic (exact) mass is 174 g/mol. The van der Waals surface area contributed by atoms with E-state index in [0.29, 0.717) is 6.42 Å². The molecule has 1 fully saturated rings. The third-order valence-electron chi connectivity index (χ3n) is 1.94. The molecule has 0 saturated heterocycles. The summed E-state index contributed by atoms with van der Waals surface area (Å²) in [4.78, 5) is 10.8. The molecule has 0 aliphatic heterocycles. The Labute approximate surface area is 73.7 Å². The van der Waals surface area contributed by atoms with E-state index in [1.165, 1.54) is 7.11 Å². The lowest BCUT2D eigenvalue weighted by atomic mass is 10.1. The van der Waals surface area contributed by atoms with Crippen LogP contribution in [0.25, 0.3) is 0 Å². The van der Waals surface area contributed by atoms with Crippen molar-refractivity contribution in [3.8, 4) is 0 Å². The molecule has 12 heavy (non-hydrogen) atoms. The average molecular weight is 174 g/mol. The molecule has 72 valence electrons. The molecule has 1 rings (SSSR count). The van der Waals surface area contributed by atoms with Gasteiger partial charge in [-0.15, -0.1) is 0 Å². The molecule has 0 aromatic heterocycles. The van der Waals surface area contributed by atoms with Crippen LogP contribution in [0.15, 0.2) is 0 Å². The second-order valence-corrected chi connectivity index (χ2v) is 2.69. The molecule has 1 saturated carbocycles. The van der Waals surface area contributed by atoms with Crippen LogP contribution in [0.3, 0.4) is 0 Å². The number of aliphatic hydroxyl groups excluding tert-OH is 1. The first-order chi connectivity index (χ1) is 5.74. The largest absolute Gasteiger partial charge is 0.469 e. The molecule has 2 atom stereocenters. The van der Waals surface area contributed by atoms with Crippen LogP contribution in [-0.2, 0) is 9.53 Å². The minimum absolute atomic E-state index is 0.0556. The second kappa shape index (κ2) is 6.00. The smallest absolute Gasteiger partial charge is 0.308 e. The Morgan fingerprint density at radius 3 is 2.33 bits per heavy atom. The van der Waals surface area contributed by atoms with E-state index in [1.54, 1.807) is 0 Å². The van der Waals surface area contributed by atoms with Crippen molar-refractivity contribution in [1.29, 1.82) is 0 Å². The number of carbonyl (C=O) groups is 1. The normalized spacial score (nSPS) is 27.3. The third kappa shape index (κ3) is 3.22. The highest BCUT2D eigenvalue weighted by molar-refractivity contribution is 5.72. The van der Waals surface area contributed by atoms with Crippen LogP contribution in [-0.4, -0.2) is 24.3 Å². The molecule has 0 radical (unpaired) electrons. The van der Waals surface area contributed by atoms with E-state index in [0.717, 1.165) is 12.8 Å². The maximum atomic E-state index is 10.8. The van der Waals surface area contributed by atoms with E-state index in [2.05, 4.69) is 4.74 Å². The molecule has 3 heteroatoms. The van der Waals surface area contributed by atoms with Gasteiger partial charge in [0.15, 0.2) is 0 Å². The number of methoxy groups -OCH3 is 1. The highest BCUT2D eigenvalue weighted by Gasteiger charge is 2.28. The van der Waals surface area contributed by atoms with Gasteiger partial charge in [0.1, 0.15) is 0 Å². The van der Waals surface area contributed by atoms with Crippen LogP contribution in [0.5, 0.6) is 0 Å². The maximum absolute atomic E-state index is 10.8. The molecule has 0 aromatic rings. The predicted octanol–water partition coefficient (Wildman–Crippen LogP) is 1.35. The molecule has 0 bridgehead atoms. The van der Waals surface area contributed by atoms with Gasteiger partial charge in [-0.1, -0.05) is 13.8 Å². The van der Waals surface area contributed by atoms with Gasteiger partial charge in [-0.25, -0.2) is 0 Å². The summed E-state index contributed by atoms with van der Waals surface area (Å²) in [6.07, 6.45) is 1.80. The van der Waals surface area contributed by atoms with Gasteiger partial charge >= 0.3 is 5.97 Å². The fourth-order valence-corrected chi connectivity index (χ4v) is 1.34. The highest BCUT2D eigenvalue weighted by atomic mass is 16.5. The predicted molar refractivity (Wildman–Crippen MR) is 46.7 cm³/mol. The molecular formula is C9H18O3. The summed E-state index contributed by atoms with van der Waals surface area (Å²) in [7, 11) is 1.38. The summed E-state index contributed by atoms with van der Waals surface area (Å²) in [5, 5.41) is 9.04. The van der Waals surface area contributed by atoms with Crippen molar-refractivity contribution in [3.05, 3.63) is 0 Å². The first-order valence-corrected chi connectivity index (χ1v) is 4.50. The molecular weight excluding hydrogens is 156 g/mol. The van der Waals surface area contributed by atoms with Crippen molar-refractivity contribution >= 4 is 5.97 Å². The average Bonchev–Trinajstić information content (AvgIpc) is 2.54. The van der Waals surface area contributed by atoms with E-state index in [9.17, 15) is 4.79 Å². The van der Waals surface area contributed by atoms with Gasteiger partial charge in [0, 0.05) is 0 Å². The molecule has 1 aliphatic rings. The SMILES string of the molecule is CC.COC(=O)C1CCC(O)C1. The number of carbonyl (C=O) groups excluding carboxylic acids is 1. The van der Waals surface area contributed by atoms with Crippen LogP contribution < -0.4 is 0 Å². The summed E-state index contributed by atoms with van der Waals surface area (Å²) < 4.78 is 4.53. The Morgan fingerprint density at radius 2 is 2.00 bits per heavy atom. The lowest BCUT2D eigenvalue weighted by molar-refractivity contribution is -0.145. The quantitative estimate of drug-likeness (QED) is 0.610. The molecule has 2 unspecified atom stereocenters. The Hall–Kier alpha value is -0.570. The summed E-state index contributed by atoms with van der Waals surface area (Å²) in [6.45, 7) is 4.00. The Bertz CT molecular complexity index is 134.